The number of carbonyl (C=O) groups is 2. The summed E-state index contributed by atoms with van der Waals surface area (Å²) in [7, 11) is 0. The summed E-state index contributed by atoms with van der Waals surface area (Å²) < 4.78 is 17.2. The van der Waals surface area contributed by atoms with Crippen LogP contribution in [0.15, 0.2) is 48.5 Å². The molecule has 5 rings (SSSR count). The lowest BCUT2D eigenvalue weighted by Crippen LogP contribution is -2.56. The third kappa shape index (κ3) is 4.94. The summed E-state index contributed by atoms with van der Waals surface area (Å²) in [4.78, 5) is 28.4. The smallest absolute Gasteiger partial charge is 0.410 e. The maximum absolute atomic E-state index is 13.4. The van der Waals surface area contributed by atoms with E-state index in [9.17, 15) is 9.59 Å². The van der Waals surface area contributed by atoms with E-state index in [0.717, 1.165) is 19.3 Å². The Morgan fingerprint density at radius 1 is 0.889 bits per heavy atom. The third-order valence-corrected chi connectivity index (χ3v) is 8.05. The highest BCUT2D eigenvalue weighted by Gasteiger charge is 2.44. The molecular weight excluding hydrogens is 454 g/mol. The maximum atomic E-state index is 13.4. The van der Waals surface area contributed by atoms with E-state index in [2.05, 4.69) is 36.4 Å². The Bertz CT molecular complexity index is 1020. The molecule has 0 N–H and O–H groups in total. The Kier molecular flexibility index (Phi) is 7.73. The van der Waals surface area contributed by atoms with Crippen molar-refractivity contribution in [3.63, 3.8) is 0 Å². The molecule has 0 aromatic heterocycles. The van der Waals surface area contributed by atoms with E-state index < -0.39 is 6.29 Å². The van der Waals surface area contributed by atoms with Crippen molar-refractivity contribution < 1.29 is 23.8 Å². The van der Waals surface area contributed by atoms with E-state index in [0.29, 0.717) is 32.7 Å². The Balaban J connectivity index is 1.24. The van der Waals surface area contributed by atoms with Crippen LogP contribution in [-0.4, -0.2) is 55.0 Å². The normalized spacial score (nSPS) is 22.9. The molecular formula is C30H37NO5. The first-order valence-corrected chi connectivity index (χ1v) is 13.5. The largest absolute Gasteiger partial charge is 0.448 e. The van der Waals surface area contributed by atoms with Gasteiger partial charge in [-0.3, -0.25) is 4.79 Å². The molecule has 1 amide bonds. The van der Waals surface area contributed by atoms with Crippen LogP contribution in [0.5, 0.6) is 0 Å². The van der Waals surface area contributed by atoms with Crippen molar-refractivity contribution >= 4 is 11.9 Å². The number of piperidine rings is 2. The topological polar surface area (TPSA) is 65.1 Å². The summed E-state index contributed by atoms with van der Waals surface area (Å²) in [6.45, 7) is 5.18. The highest BCUT2D eigenvalue weighted by molar-refractivity contribution is 5.82. The van der Waals surface area contributed by atoms with E-state index in [1.54, 1.807) is 0 Å². The van der Waals surface area contributed by atoms with Gasteiger partial charge in [-0.05, 0) is 68.2 Å². The van der Waals surface area contributed by atoms with Gasteiger partial charge in [-0.1, -0.05) is 48.5 Å². The molecule has 0 radical (unpaired) electrons. The van der Waals surface area contributed by atoms with E-state index in [1.807, 2.05) is 30.9 Å². The van der Waals surface area contributed by atoms with Crippen LogP contribution in [-0.2, 0) is 19.0 Å². The number of hydrogen-bond acceptors (Lipinski definition) is 5. The Labute approximate surface area is 213 Å². The molecule has 2 fully saturated rings. The maximum Gasteiger partial charge on any atom is 0.410 e. The standard InChI is InChI=1S/C30H37NO5/c1-3-34-29(35-4-2)18-28(32)20-16-21-10-9-11-22(17-20)31(21)30(33)36-19-27-25-14-7-5-12-23(25)24-13-6-8-15-26(24)27/h5-8,12-15,20-22,27,29H,3-4,9-11,16-19H2,1-2H3. The van der Waals surface area contributed by atoms with Gasteiger partial charge in [0.15, 0.2) is 6.29 Å². The van der Waals surface area contributed by atoms with Crippen molar-refractivity contribution in [2.24, 2.45) is 5.92 Å². The van der Waals surface area contributed by atoms with Crippen LogP contribution in [0, 0.1) is 5.92 Å². The quantitative estimate of drug-likeness (QED) is 0.407. The molecule has 2 atom stereocenters. The number of rotatable bonds is 9. The fourth-order valence-corrected chi connectivity index (χ4v) is 6.48. The second-order valence-electron chi connectivity index (χ2n) is 10.1. The molecule has 0 saturated carbocycles. The number of hydrogen-bond donors (Lipinski definition) is 0. The first-order chi connectivity index (χ1) is 17.6. The molecule has 3 aliphatic rings. The summed E-state index contributed by atoms with van der Waals surface area (Å²) in [5.41, 5.74) is 4.88. The molecule has 1 aliphatic carbocycles. The number of ketones is 1. The highest BCUT2D eigenvalue weighted by atomic mass is 16.7. The van der Waals surface area contributed by atoms with Crippen molar-refractivity contribution in [1.29, 1.82) is 0 Å². The van der Waals surface area contributed by atoms with Gasteiger partial charge in [0.05, 0.1) is 6.42 Å². The lowest BCUT2D eigenvalue weighted by molar-refractivity contribution is -0.156. The second-order valence-corrected chi connectivity index (χ2v) is 10.1. The van der Waals surface area contributed by atoms with Gasteiger partial charge in [-0.25, -0.2) is 4.79 Å². The van der Waals surface area contributed by atoms with Gasteiger partial charge in [-0.2, -0.15) is 0 Å². The van der Waals surface area contributed by atoms with Crippen LogP contribution >= 0.6 is 0 Å². The van der Waals surface area contributed by atoms with Crippen LogP contribution in [0.2, 0.25) is 0 Å². The summed E-state index contributed by atoms with van der Waals surface area (Å²) in [5, 5.41) is 0. The van der Waals surface area contributed by atoms with Gasteiger partial charge < -0.3 is 19.1 Å². The minimum absolute atomic E-state index is 0.0503. The Morgan fingerprint density at radius 3 is 2.00 bits per heavy atom. The number of fused-ring (bicyclic) bond motifs is 5. The van der Waals surface area contributed by atoms with Crippen LogP contribution in [0.4, 0.5) is 4.79 Å². The Hall–Kier alpha value is -2.70. The molecule has 36 heavy (non-hydrogen) atoms. The fourth-order valence-electron chi connectivity index (χ4n) is 6.48. The zero-order valence-electron chi connectivity index (χ0n) is 21.4. The molecule has 192 valence electrons. The van der Waals surface area contributed by atoms with Crippen LogP contribution in [0.1, 0.15) is 69.4 Å². The number of ether oxygens (including phenoxy) is 3. The van der Waals surface area contributed by atoms with Crippen LogP contribution in [0.25, 0.3) is 11.1 Å². The molecule has 0 spiro atoms. The summed E-state index contributed by atoms with van der Waals surface area (Å²) in [5.74, 6) is 0.182. The summed E-state index contributed by atoms with van der Waals surface area (Å²) in [6.07, 6.45) is 3.89. The molecule has 6 nitrogen and oxygen atoms in total. The van der Waals surface area contributed by atoms with Crippen LogP contribution in [0.3, 0.4) is 0 Å². The highest BCUT2D eigenvalue weighted by Crippen LogP contribution is 2.45. The second kappa shape index (κ2) is 11.1. The predicted molar refractivity (Wildman–Crippen MR) is 138 cm³/mol. The van der Waals surface area contributed by atoms with Crippen molar-refractivity contribution in [3.05, 3.63) is 59.7 Å². The van der Waals surface area contributed by atoms with E-state index in [4.69, 9.17) is 14.2 Å². The summed E-state index contributed by atoms with van der Waals surface area (Å²) >= 11 is 0. The first-order valence-electron chi connectivity index (χ1n) is 13.5. The average molecular weight is 492 g/mol. The fraction of sp³-hybridized carbons (Fsp3) is 0.533. The number of Topliss-reactive ketones (excluding diaryl/α,β-unsaturated/α-hetero) is 1. The van der Waals surface area contributed by atoms with E-state index in [1.165, 1.54) is 22.3 Å². The zero-order valence-corrected chi connectivity index (χ0v) is 21.4. The van der Waals surface area contributed by atoms with Gasteiger partial charge >= 0.3 is 6.09 Å². The van der Waals surface area contributed by atoms with Crippen molar-refractivity contribution in [2.75, 3.05) is 19.8 Å². The van der Waals surface area contributed by atoms with Gasteiger partial charge in [0.25, 0.3) is 0 Å². The summed E-state index contributed by atoms with van der Waals surface area (Å²) in [6, 6.07) is 16.9. The van der Waals surface area contributed by atoms with Gasteiger partial charge in [0.2, 0.25) is 0 Å². The lowest BCUT2D eigenvalue weighted by atomic mass is 9.76. The van der Waals surface area contributed by atoms with Gasteiger partial charge in [0, 0.05) is 37.1 Å². The molecule has 2 aromatic rings. The molecule has 2 aliphatic heterocycles. The molecule has 2 bridgehead atoms. The minimum atomic E-state index is -0.479. The van der Waals surface area contributed by atoms with Crippen LogP contribution < -0.4 is 0 Å². The van der Waals surface area contributed by atoms with Crippen molar-refractivity contribution in [3.8, 4) is 11.1 Å². The monoisotopic (exact) mass is 491 g/mol. The molecule has 2 aromatic carbocycles. The van der Waals surface area contributed by atoms with E-state index in [-0.39, 0.29) is 42.2 Å². The van der Waals surface area contributed by atoms with Gasteiger partial charge in [-0.15, -0.1) is 0 Å². The van der Waals surface area contributed by atoms with Crippen molar-refractivity contribution in [2.45, 2.75) is 76.7 Å². The van der Waals surface area contributed by atoms with E-state index >= 15 is 0 Å². The lowest BCUT2D eigenvalue weighted by Gasteiger charge is -2.47. The number of benzene rings is 2. The average Bonchev–Trinajstić information content (AvgIpc) is 3.20. The Morgan fingerprint density at radius 2 is 1.44 bits per heavy atom. The minimum Gasteiger partial charge on any atom is -0.448 e. The molecule has 2 unspecified atom stereocenters. The number of nitrogens with zero attached hydrogens (tertiary/aromatic N) is 1. The molecule has 2 heterocycles. The number of amides is 1. The first kappa shape index (κ1) is 25.0. The predicted octanol–water partition coefficient (Wildman–Crippen LogP) is 5.93. The zero-order chi connectivity index (χ0) is 25.1. The SMILES string of the molecule is CCOC(CC(=O)C1CC2CCCC(C1)N2C(=O)OCC1c2ccccc2-c2ccccc21)OCC. The third-order valence-electron chi connectivity index (χ3n) is 8.05. The van der Waals surface area contributed by atoms with Crippen molar-refractivity contribution in [1.82, 2.24) is 4.90 Å². The number of carbonyl (C=O) groups excluding carboxylic acids is 2. The van der Waals surface area contributed by atoms with Gasteiger partial charge in [0.1, 0.15) is 12.4 Å². The molecule has 2 saturated heterocycles. The molecule has 6 heteroatoms.